The minimum absolute atomic E-state index is 0.00275. The monoisotopic (exact) mass is 304 g/mol. The average molecular weight is 304 g/mol. The Bertz CT molecular complexity index is 443. The number of carbonyl (C=O) groups excluding carboxylic acids is 1. The Labute approximate surface area is 121 Å². The highest BCUT2D eigenvalue weighted by Gasteiger charge is 2.30. The van der Waals surface area contributed by atoms with Crippen LogP contribution in [0.15, 0.2) is 24.3 Å². The number of ether oxygens (including phenoxy) is 1. The molecule has 0 saturated carbocycles. The van der Waals surface area contributed by atoms with E-state index in [2.05, 4.69) is 10.1 Å². The second kappa shape index (κ2) is 7.87. The topological polar surface area (TPSA) is 41.6 Å². The maximum atomic E-state index is 12.0. The molecule has 7 heteroatoms. The summed E-state index contributed by atoms with van der Waals surface area (Å²) in [4.78, 5) is 13.4. The Balaban J connectivity index is 2.41. The van der Waals surface area contributed by atoms with Crippen LogP contribution in [0.3, 0.4) is 0 Å². The fraction of sp³-hybridized carbons (Fsp3) is 0.500. The molecule has 0 heterocycles. The number of nitrogens with one attached hydrogen (secondary N) is 1. The molecule has 1 rings (SSSR count). The van der Waals surface area contributed by atoms with E-state index in [1.54, 1.807) is 4.90 Å². The lowest BCUT2D eigenvalue weighted by atomic mass is 10.2. The van der Waals surface area contributed by atoms with E-state index in [9.17, 15) is 18.0 Å². The fourth-order valence-corrected chi connectivity index (χ4v) is 1.81. The van der Waals surface area contributed by atoms with Crippen molar-refractivity contribution in [1.82, 2.24) is 10.2 Å². The number of hydrogen-bond acceptors (Lipinski definition) is 3. The molecule has 0 fully saturated rings. The SMILES string of the molecule is CCN(CC)C(=O)CNCc1ccc(OC(F)(F)F)cc1. The van der Waals surface area contributed by atoms with Crippen molar-refractivity contribution in [3.63, 3.8) is 0 Å². The van der Waals surface area contributed by atoms with Gasteiger partial charge in [0.1, 0.15) is 5.75 Å². The number of nitrogens with zero attached hydrogens (tertiary/aromatic N) is 1. The molecule has 1 aromatic rings. The number of amides is 1. The van der Waals surface area contributed by atoms with Gasteiger partial charge in [0.15, 0.2) is 0 Å². The van der Waals surface area contributed by atoms with Crippen molar-refractivity contribution in [3.8, 4) is 5.75 Å². The summed E-state index contributed by atoms with van der Waals surface area (Å²) in [5.74, 6) is -0.262. The number of benzene rings is 1. The molecule has 0 saturated heterocycles. The number of hydrogen-bond donors (Lipinski definition) is 1. The van der Waals surface area contributed by atoms with Crippen LogP contribution >= 0.6 is 0 Å². The Kier molecular flexibility index (Phi) is 6.48. The van der Waals surface area contributed by atoms with E-state index in [0.29, 0.717) is 19.6 Å². The zero-order valence-electron chi connectivity index (χ0n) is 12.0. The van der Waals surface area contributed by atoms with Gasteiger partial charge in [-0.05, 0) is 31.5 Å². The van der Waals surface area contributed by atoms with Gasteiger partial charge in [-0.1, -0.05) is 12.1 Å². The number of carbonyl (C=O) groups is 1. The number of rotatable bonds is 7. The molecule has 0 aromatic heterocycles. The third kappa shape index (κ3) is 6.48. The minimum atomic E-state index is -4.68. The molecule has 1 amide bonds. The van der Waals surface area contributed by atoms with Gasteiger partial charge in [-0.3, -0.25) is 4.79 Å². The van der Waals surface area contributed by atoms with Crippen molar-refractivity contribution in [3.05, 3.63) is 29.8 Å². The second-order valence-corrected chi connectivity index (χ2v) is 4.36. The molecule has 118 valence electrons. The lowest BCUT2D eigenvalue weighted by molar-refractivity contribution is -0.274. The van der Waals surface area contributed by atoms with Crippen LogP contribution in [0.4, 0.5) is 13.2 Å². The summed E-state index contributed by atoms with van der Waals surface area (Å²) in [5, 5.41) is 2.96. The molecule has 0 aliphatic rings. The summed E-state index contributed by atoms with van der Waals surface area (Å²) in [5.41, 5.74) is 0.775. The first kappa shape index (κ1) is 17.3. The van der Waals surface area contributed by atoms with Gasteiger partial charge in [0.2, 0.25) is 5.91 Å². The zero-order valence-corrected chi connectivity index (χ0v) is 12.0. The Morgan fingerprint density at radius 3 is 2.24 bits per heavy atom. The number of likely N-dealkylation sites (N-methyl/N-ethyl adjacent to an activating group) is 1. The fourth-order valence-electron chi connectivity index (χ4n) is 1.81. The largest absolute Gasteiger partial charge is 0.573 e. The molecule has 0 unspecified atom stereocenters. The first-order valence-corrected chi connectivity index (χ1v) is 6.69. The maximum Gasteiger partial charge on any atom is 0.573 e. The Morgan fingerprint density at radius 2 is 1.76 bits per heavy atom. The number of halogens is 3. The van der Waals surface area contributed by atoms with Gasteiger partial charge in [-0.2, -0.15) is 0 Å². The lowest BCUT2D eigenvalue weighted by Gasteiger charge is -2.18. The predicted molar refractivity (Wildman–Crippen MR) is 72.8 cm³/mol. The van der Waals surface area contributed by atoms with Gasteiger partial charge < -0.3 is 15.0 Å². The molecule has 0 aliphatic heterocycles. The van der Waals surface area contributed by atoms with Gasteiger partial charge in [0, 0.05) is 19.6 Å². The van der Waals surface area contributed by atoms with Gasteiger partial charge in [0.05, 0.1) is 6.54 Å². The van der Waals surface area contributed by atoms with Gasteiger partial charge >= 0.3 is 6.36 Å². The van der Waals surface area contributed by atoms with Gasteiger partial charge in [-0.15, -0.1) is 13.2 Å². The molecular formula is C14H19F3N2O2. The predicted octanol–water partition coefficient (Wildman–Crippen LogP) is 2.54. The summed E-state index contributed by atoms with van der Waals surface area (Å²) >= 11 is 0. The van der Waals surface area contributed by atoms with E-state index >= 15 is 0 Å². The Hall–Kier alpha value is -1.76. The van der Waals surface area contributed by atoms with Crippen LogP contribution in [0.25, 0.3) is 0 Å². The van der Waals surface area contributed by atoms with E-state index in [1.807, 2.05) is 13.8 Å². The van der Waals surface area contributed by atoms with E-state index in [0.717, 1.165) is 5.56 Å². The molecule has 0 aliphatic carbocycles. The van der Waals surface area contributed by atoms with Crippen molar-refractivity contribution in [1.29, 1.82) is 0 Å². The standard InChI is InChI=1S/C14H19F3N2O2/c1-3-19(4-2)13(20)10-18-9-11-5-7-12(8-6-11)21-14(15,16)17/h5-8,18H,3-4,9-10H2,1-2H3. The molecule has 4 nitrogen and oxygen atoms in total. The second-order valence-electron chi connectivity index (χ2n) is 4.36. The van der Waals surface area contributed by atoms with E-state index < -0.39 is 6.36 Å². The first-order valence-electron chi connectivity index (χ1n) is 6.69. The van der Waals surface area contributed by atoms with Crippen LogP contribution in [0, 0.1) is 0 Å². The summed E-state index contributed by atoms with van der Waals surface area (Å²) in [6, 6.07) is 5.54. The highest BCUT2D eigenvalue weighted by molar-refractivity contribution is 5.78. The molecule has 1 aromatic carbocycles. The van der Waals surface area contributed by atoms with E-state index in [-0.39, 0.29) is 18.2 Å². The molecule has 0 bridgehead atoms. The van der Waals surface area contributed by atoms with Crippen LogP contribution in [0.5, 0.6) is 5.75 Å². The molecular weight excluding hydrogens is 285 g/mol. The quantitative estimate of drug-likeness (QED) is 0.841. The molecule has 21 heavy (non-hydrogen) atoms. The van der Waals surface area contributed by atoms with Crippen LogP contribution in [-0.4, -0.2) is 36.8 Å². The van der Waals surface area contributed by atoms with Crippen molar-refractivity contribution < 1.29 is 22.7 Å². The van der Waals surface area contributed by atoms with Crippen molar-refractivity contribution in [2.24, 2.45) is 0 Å². The zero-order chi connectivity index (χ0) is 15.9. The summed E-state index contributed by atoms with van der Waals surface area (Å²) in [6.45, 7) is 5.71. The third-order valence-electron chi connectivity index (χ3n) is 2.88. The first-order chi connectivity index (χ1) is 9.85. The Morgan fingerprint density at radius 1 is 1.19 bits per heavy atom. The van der Waals surface area contributed by atoms with Gasteiger partial charge in [0.25, 0.3) is 0 Å². The van der Waals surface area contributed by atoms with E-state index in [4.69, 9.17) is 0 Å². The van der Waals surface area contributed by atoms with Crippen LogP contribution < -0.4 is 10.1 Å². The van der Waals surface area contributed by atoms with Crippen LogP contribution in [0.2, 0.25) is 0 Å². The average Bonchev–Trinajstić information content (AvgIpc) is 2.40. The van der Waals surface area contributed by atoms with Crippen molar-refractivity contribution in [2.75, 3.05) is 19.6 Å². The minimum Gasteiger partial charge on any atom is -0.406 e. The number of alkyl halides is 3. The normalized spacial score (nSPS) is 11.3. The lowest BCUT2D eigenvalue weighted by Crippen LogP contribution is -2.37. The highest BCUT2D eigenvalue weighted by Crippen LogP contribution is 2.22. The highest BCUT2D eigenvalue weighted by atomic mass is 19.4. The molecule has 0 radical (unpaired) electrons. The van der Waals surface area contributed by atoms with Crippen molar-refractivity contribution >= 4 is 5.91 Å². The van der Waals surface area contributed by atoms with Gasteiger partial charge in [-0.25, -0.2) is 0 Å². The molecule has 1 N–H and O–H groups in total. The summed E-state index contributed by atoms with van der Waals surface area (Å²) in [7, 11) is 0. The van der Waals surface area contributed by atoms with E-state index in [1.165, 1.54) is 24.3 Å². The summed E-state index contributed by atoms with van der Waals surface area (Å²) < 4.78 is 39.8. The molecule has 0 spiro atoms. The summed E-state index contributed by atoms with van der Waals surface area (Å²) in [6.07, 6.45) is -4.68. The maximum absolute atomic E-state index is 12.0. The van der Waals surface area contributed by atoms with Crippen LogP contribution in [0.1, 0.15) is 19.4 Å². The van der Waals surface area contributed by atoms with Crippen LogP contribution in [-0.2, 0) is 11.3 Å². The molecule has 0 atom stereocenters. The van der Waals surface area contributed by atoms with Crippen molar-refractivity contribution in [2.45, 2.75) is 26.8 Å². The third-order valence-corrected chi connectivity index (χ3v) is 2.88. The smallest absolute Gasteiger partial charge is 0.406 e.